The minimum absolute atomic E-state index is 0.339. The Morgan fingerprint density at radius 3 is 2.95 bits per heavy atom. The minimum Gasteiger partial charge on any atom is -0.492 e. The first-order valence-corrected chi connectivity index (χ1v) is 6.84. The lowest BCUT2D eigenvalue weighted by Gasteiger charge is -2.32. The fourth-order valence-electron chi connectivity index (χ4n) is 2.53. The van der Waals surface area contributed by atoms with Gasteiger partial charge in [-0.1, -0.05) is 24.6 Å². The van der Waals surface area contributed by atoms with E-state index in [2.05, 4.69) is 0 Å². The number of likely N-dealkylation sites (tertiary alicyclic amines) is 1. The van der Waals surface area contributed by atoms with Gasteiger partial charge in [0.25, 0.3) is 0 Å². The predicted octanol–water partition coefficient (Wildman–Crippen LogP) is 2.31. The van der Waals surface area contributed by atoms with Crippen molar-refractivity contribution in [3.8, 4) is 5.75 Å². The zero-order chi connectivity index (χ0) is 13.7. The van der Waals surface area contributed by atoms with Crippen molar-refractivity contribution in [3.05, 3.63) is 29.8 Å². The average molecular weight is 263 g/mol. The maximum absolute atomic E-state index is 11.2. The molecule has 1 aliphatic rings. The van der Waals surface area contributed by atoms with Gasteiger partial charge in [-0.2, -0.15) is 0 Å². The van der Waals surface area contributed by atoms with Gasteiger partial charge < -0.3 is 9.84 Å². The molecule has 1 heterocycles. The number of nitrogens with zero attached hydrogens (tertiary/aromatic N) is 1. The number of ether oxygens (including phenoxy) is 1. The van der Waals surface area contributed by atoms with Crippen LogP contribution in [0.2, 0.25) is 0 Å². The monoisotopic (exact) mass is 263 g/mol. The van der Waals surface area contributed by atoms with Gasteiger partial charge in [0.15, 0.2) is 0 Å². The van der Waals surface area contributed by atoms with E-state index in [0.717, 1.165) is 37.1 Å². The highest BCUT2D eigenvalue weighted by Crippen LogP contribution is 2.18. The lowest BCUT2D eigenvalue weighted by molar-refractivity contribution is -0.144. The van der Waals surface area contributed by atoms with Gasteiger partial charge in [-0.05, 0) is 37.9 Å². The molecule has 1 unspecified atom stereocenters. The van der Waals surface area contributed by atoms with Crippen LogP contribution in [0.3, 0.4) is 0 Å². The number of carboxylic acid groups (broad SMARTS) is 1. The molecule has 0 amide bonds. The molecule has 0 radical (unpaired) electrons. The molecule has 1 fully saturated rings. The summed E-state index contributed by atoms with van der Waals surface area (Å²) in [5.74, 6) is 0.168. The third-order valence-electron chi connectivity index (χ3n) is 3.63. The van der Waals surface area contributed by atoms with E-state index in [4.69, 9.17) is 4.74 Å². The van der Waals surface area contributed by atoms with Gasteiger partial charge in [0.2, 0.25) is 0 Å². The number of aryl methyl sites for hydroxylation is 1. The van der Waals surface area contributed by atoms with Crippen molar-refractivity contribution in [1.82, 2.24) is 4.90 Å². The Labute approximate surface area is 114 Å². The fourth-order valence-corrected chi connectivity index (χ4v) is 2.53. The lowest BCUT2D eigenvalue weighted by atomic mass is 10.0. The van der Waals surface area contributed by atoms with Crippen LogP contribution in [0.25, 0.3) is 0 Å². The van der Waals surface area contributed by atoms with Crippen molar-refractivity contribution < 1.29 is 14.6 Å². The summed E-state index contributed by atoms with van der Waals surface area (Å²) in [6.07, 6.45) is 2.83. The molecule has 1 saturated heterocycles. The van der Waals surface area contributed by atoms with Crippen molar-refractivity contribution in [2.75, 3.05) is 19.7 Å². The van der Waals surface area contributed by atoms with Crippen molar-refractivity contribution in [3.63, 3.8) is 0 Å². The van der Waals surface area contributed by atoms with Crippen LogP contribution in [0.5, 0.6) is 5.75 Å². The van der Waals surface area contributed by atoms with E-state index < -0.39 is 5.97 Å². The summed E-state index contributed by atoms with van der Waals surface area (Å²) in [4.78, 5) is 13.2. The molecule has 0 aromatic heterocycles. The van der Waals surface area contributed by atoms with E-state index in [1.807, 2.05) is 36.1 Å². The van der Waals surface area contributed by atoms with Crippen LogP contribution >= 0.6 is 0 Å². The van der Waals surface area contributed by atoms with Crippen LogP contribution in [0, 0.1) is 6.92 Å². The van der Waals surface area contributed by atoms with Gasteiger partial charge in [-0.3, -0.25) is 9.69 Å². The second-order valence-electron chi connectivity index (χ2n) is 5.00. The average Bonchev–Trinajstić information content (AvgIpc) is 2.41. The molecule has 1 N–H and O–H groups in total. The summed E-state index contributed by atoms with van der Waals surface area (Å²) < 4.78 is 5.73. The molecule has 1 aromatic rings. The topological polar surface area (TPSA) is 49.8 Å². The summed E-state index contributed by atoms with van der Waals surface area (Å²) in [6.45, 7) is 4.07. The Bertz CT molecular complexity index is 433. The fraction of sp³-hybridized carbons (Fsp3) is 0.533. The predicted molar refractivity (Wildman–Crippen MR) is 73.5 cm³/mol. The third kappa shape index (κ3) is 3.70. The molecule has 4 heteroatoms. The number of rotatable bonds is 5. The van der Waals surface area contributed by atoms with Gasteiger partial charge in [0.05, 0.1) is 0 Å². The van der Waals surface area contributed by atoms with Gasteiger partial charge in [0, 0.05) is 6.54 Å². The summed E-state index contributed by atoms with van der Waals surface area (Å²) in [5, 5.41) is 9.19. The Morgan fingerprint density at radius 2 is 2.21 bits per heavy atom. The molecule has 104 valence electrons. The first-order valence-electron chi connectivity index (χ1n) is 6.84. The molecule has 1 aliphatic heterocycles. The SMILES string of the molecule is Cc1ccccc1OCCN1CCCCC1C(=O)O. The van der Waals surface area contributed by atoms with E-state index in [1.54, 1.807) is 0 Å². The van der Waals surface area contributed by atoms with Crippen LogP contribution in [0.4, 0.5) is 0 Å². The van der Waals surface area contributed by atoms with Crippen LogP contribution < -0.4 is 4.74 Å². The summed E-state index contributed by atoms with van der Waals surface area (Å²) in [6, 6.07) is 7.54. The number of hydrogen-bond donors (Lipinski definition) is 1. The molecule has 0 bridgehead atoms. The van der Waals surface area contributed by atoms with Crippen LogP contribution in [-0.2, 0) is 4.79 Å². The lowest BCUT2D eigenvalue weighted by Crippen LogP contribution is -2.46. The van der Waals surface area contributed by atoms with E-state index in [9.17, 15) is 9.90 Å². The van der Waals surface area contributed by atoms with Crippen molar-refractivity contribution in [2.24, 2.45) is 0 Å². The zero-order valence-corrected chi connectivity index (χ0v) is 11.3. The largest absolute Gasteiger partial charge is 0.492 e. The number of carboxylic acids is 1. The van der Waals surface area contributed by atoms with E-state index >= 15 is 0 Å². The van der Waals surface area contributed by atoms with Gasteiger partial charge >= 0.3 is 5.97 Å². The zero-order valence-electron chi connectivity index (χ0n) is 11.3. The van der Waals surface area contributed by atoms with Gasteiger partial charge in [-0.15, -0.1) is 0 Å². The highest BCUT2D eigenvalue weighted by Gasteiger charge is 2.27. The van der Waals surface area contributed by atoms with Crippen LogP contribution in [-0.4, -0.2) is 41.7 Å². The van der Waals surface area contributed by atoms with Gasteiger partial charge in [0.1, 0.15) is 18.4 Å². The van der Waals surface area contributed by atoms with E-state index in [-0.39, 0.29) is 6.04 Å². The maximum atomic E-state index is 11.2. The van der Waals surface area contributed by atoms with Crippen molar-refractivity contribution >= 4 is 5.97 Å². The first-order chi connectivity index (χ1) is 9.18. The molecule has 1 aromatic carbocycles. The molecule has 4 nitrogen and oxygen atoms in total. The Morgan fingerprint density at radius 1 is 1.42 bits per heavy atom. The quantitative estimate of drug-likeness (QED) is 0.885. The molecule has 19 heavy (non-hydrogen) atoms. The van der Waals surface area contributed by atoms with Gasteiger partial charge in [-0.25, -0.2) is 0 Å². The Kier molecular flexibility index (Phi) is 4.80. The number of para-hydroxylation sites is 1. The molecule has 0 aliphatic carbocycles. The Balaban J connectivity index is 1.84. The minimum atomic E-state index is -0.712. The molecule has 1 atom stereocenters. The third-order valence-corrected chi connectivity index (χ3v) is 3.63. The number of carbonyl (C=O) groups is 1. The molecule has 0 saturated carbocycles. The van der Waals surface area contributed by atoms with Crippen molar-refractivity contribution in [1.29, 1.82) is 0 Å². The molecule has 0 spiro atoms. The summed E-state index contributed by atoms with van der Waals surface area (Å²) in [7, 11) is 0. The molecular formula is C15H21NO3. The number of piperidine rings is 1. The summed E-state index contributed by atoms with van der Waals surface area (Å²) >= 11 is 0. The normalized spacial score (nSPS) is 20.2. The maximum Gasteiger partial charge on any atom is 0.320 e. The standard InChI is InChI=1S/C15H21NO3/c1-12-6-2-3-8-14(12)19-11-10-16-9-5-4-7-13(16)15(17)18/h2-3,6,8,13H,4-5,7,9-11H2,1H3,(H,17,18). The number of hydrogen-bond acceptors (Lipinski definition) is 3. The second-order valence-corrected chi connectivity index (χ2v) is 5.00. The van der Waals surface area contributed by atoms with E-state index in [0.29, 0.717) is 13.2 Å². The smallest absolute Gasteiger partial charge is 0.320 e. The number of aliphatic carboxylic acids is 1. The molecular weight excluding hydrogens is 242 g/mol. The Hall–Kier alpha value is -1.55. The number of benzene rings is 1. The highest BCUT2D eigenvalue weighted by molar-refractivity contribution is 5.73. The van der Waals surface area contributed by atoms with Crippen LogP contribution in [0.1, 0.15) is 24.8 Å². The summed E-state index contributed by atoms with van der Waals surface area (Å²) in [5.41, 5.74) is 1.11. The van der Waals surface area contributed by atoms with Crippen molar-refractivity contribution in [2.45, 2.75) is 32.2 Å². The van der Waals surface area contributed by atoms with E-state index in [1.165, 1.54) is 0 Å². The highest BCUT2D eigenvalue weighted by atomic mass is 16.5. The first kappa shape index (κ1) is 13.9. The molecule has 2 rings (SSSR count). The second kappa shape index (κ2) is 6.57. The van der Waals surface area contributed by atoms with Crippen LogP contribution in [0.15, 0.2) is 24.3 Å².